The van der Waals surface area contributed by atoms with E-state index in [1.807, 2.05) is 42.5 Å². The SMILES string of the molecule is NC(=O)CCNC(=O)c1ccc(-c2ccc(N)c(NCc3ccc4ncccc4c3)n2)cc1. The molecular weight excluding hydrogens is 416 g/mol. The van der Waals surface area contributed by atoms with Gasteiger partial charge in [-0.3, -0.25) is 14.6 Å². The fraction of sp³-hybridized carbons (Fsp3) is 0.120. The molecule has 0 atom stereocenters. The third-order valence-corrected chi connectivity index (χ3v) is 5.15. The van der Waals surface area contributed by atoms with Crippen molar-refractivity contribution in [2.45, 2.75) is 13.0 Å². The van der Waals surface area contributed by atoms with Crippen molar-refractivity contribution in [1.82, 2.24) is 15.3 Å². The summed E-state index contributed by atoms with van der Waals surface area (Å²) in [4.78, 5) is 32.0. The molecule has 33 heavy (non-hydrogen) atoms. The van der Waals surface area contributed by atoms with Crippen LogP contribution in [0.2, 0.25) is 0 Å². The van der Waals surface area contributed by atoms with E-state index < -0.39 is 5.91 Å². The van der Waals surface area contributed by atoms with Crippen LogP contribution in [0.25, 0.3) is 22.2 Å². The summed E-state index contributed by atoms with van der Waals surface area (Å²) in [6.45, 7) is 0.772. The molecule has 4 rings (SSSR count). The molecule has 0 aliphatic rings. The molecule has 2 heterocycles. The number of benzene rings is 2. The van der Waals surface area contributed by atoms with Crippen LogP contribution in [0.15, 0.2) is 72.9 Å². The number of hydrogen-bond acceptors (Lipinski definition) is 6. The van der Waals surface area contributed by atoms with Crippen molar-refractivity contribution in [3.8, 4) is 11.3 Å². The molecule has 0 fully saturated rings. The first-order valence-electron chi connectivity index (χ1n) is 10.5. The van der Waals surface area contributed by atoms with Crippen LogP contribution in [0.3, 0.4) is 0 Å². The van der Waals surface area contributed by atoms with Gasteiger partial charge in [0.05, 0.1) is 16.9 Å². The lowest BCUT2D eigenvalue weighted by Crippen LogP contribution is -2.27. The molecule has 0 bridgehead atoms. The third-order valence-electron chi connectivity index (χ3n) is 5.15. The van der Waals surface area contributed by atoms with Gasteiger partial charge in [0.1, 0.15) is 5.82 Å². The van der Waals surface area contributed by atoms with Crippen LogP contribution in [0.5, 0.6) is 0 Å². The lowest BCUT2D eigenvalue weighted by molar-refractivity contribution is -0.117. The highest BCUT2D eigenvalue weighted by Crippen LogP contribution is 2.24. The van der Waals surface area contributed by atoms with Gasteiger partial charge in [0.25, 0.3) is 5.91 Å². The van der Waals surface area contributed by atoms with Crippen LogP contribution in [0.4, 0.5) is 11.5 Å². The number of primary amides is 1. The summed E-state index contributed by atoms with van der Waals surface area (Å²) in [5, 5.41) is 7.05. The molecule has 166 valence electrons. The van der Waals surface area contributed by atoms with E-state index in [0.717, 1.165) is 27.7 Å². The lowest BCUT2D eigenvalue weighted by Gasteiger charge is -2.11. The van der Waals surface area contributed by atoms with Crippen LogP contribution < -0.4 is 22.1 Å². The number of pyridine rings is 2. The fourth-order valence-corrected chi connectivity index (χ4v) is 3.39. The number of nitrogen functional groups attached to an aromatic ring is 1. The number of hydrogen-bond donors (Lipinski definition) is 4. The minimum absolute atomic E-state index is 0.102. The first-order chi connectivity index (χ1) is 16.0. The standard InChI is InChI=1S/C25H24N6O2/c26-20-8-10-22(17-4-6-18(7-5-17)25(33)29-13-11-23(27)32)31-24(20)30-15-16-3-9-21-19(14-16)2-1-12-28-21/h1-10,12,14H,11,13,15,26H2,(H2,27,32)(H,29,33)(H,30,31). The Kier molecular flexibility index (Phi) is 6.45. The monoisotopic (exact) mass is 440 g/mol. The highest BCUT2D eigenvalue weighted by Gasteiger charge is 2.09. The minimum Gasteiger partial charge on any atom is -0.396 e. The number of nitrogens with two attached hydrogens (primary N) is 2. The van der Waals surface area contributed by atoms with Crippen LogP contribution >= 0.6 is 0 Å². The molecule has 8 nitrogen and oxygen atoms in total. The van der Waals surface area contributed by atoms with E-state index in [0.29, 0.717) is 23.6 Å². The normalized spacial score (nSPS) is 10.7. The molecule has 2 aromatic carbocycles. The highest BCUT2D eigenvalue weighted by atomic mass is 16.2. The molecular formula is C25H24N6O2. The van der Waals surface area contributed by atoms with E-state index in [2.05, 4.69) is 26.7 Å². The molecule has 2 aromatic heterocycles. The Morgan fingerprint density at radius 2 is 1.79 bits per heavy atom. The predicted molar refractivity (Wildman–Crippen MR) is 129 cm³/mol. The van der Waals surface area contributed by atoms with Gasteiger partial charge in [0.2, 0.25) is 5.91 Å². The molecule has 4 aromatic rings. The van der Waals surface area contributed by atoms with E-state index in [-0.39, 0.29) is 18.9 Å². The molecule has 0 spiro atoms. The highest BCUT2D eigenvalue weighted by molar-refractivity contribution is 5.94. The van der Waals surface area contributed by atoms with Gasteiger partial charge in [0.15, 0.2) is 0 Å². The smallest absolute Gasteiger partial charge is 0.251 e. The van der Waals surface area contributed by atoms with Crippen molar-refractivity contribution >= 4 is 34.2 Å². The Bertz CT molecular complexity index is 1300. The first-order valence-corrected chi connectivity index (χ1v) is 10.5. The Labute approximate surface area is 191 Å². The van der Waals surface area contributed by atoms with E-state index in [1.165, 1.54) is 0 Å². The number of carbonyl (C=O) groups excluding carboxylic acids is 2. The number of aromatic nitrogens is 2. The lowest BCUT2D eigenvalue weighted by atomic mass is 10.1. The van der Waals surface area contributed by atoms with E-state index in [1.54, 1.807) is 24.4 Å². The second-order valence-corrected chi connectivity index (χ2v) is 7.57. The summed E-state index contributed by atoms with van der Waals surface area (Å²) in [5.74, 6) is -0.129. The summed E-state index contributed by atoms with van der Waals surface area (Å²) in [7, 11) is 0. The summed E-state index contributed by atoms with van der Waals surface area (Å²) in [6.07, 6.45) is 1.88. The third kappa shape index (κ3) is 5.43. The number of amides is 2. The molecule has 0 saturated heterocycles. The Hall–Kier alpha value is -4.46. The topological polar surface area (TPSA) is 136 Å². The van der Waals surface area contributed by atoms with Gasteiger partial charge in [-0.2, -0.15) is 0 Å². The van der Waals surface area contributed by atoms with Crippen molar-refractivity contribution in [1.29, 1.82) is 0 Å². The van der Waals surface area contributed by atoms with Gasteiger partial charge in [-0.05, 0) is 48.0 Å². The zero-order valence-corrected chi connectivity index (χ0v) is 17.9. The van der Waals surface area contributed by atoms with Crippen molar-refractivity contribution in [3.63, 3.8) is 0 Å². The maximum Gasteiger partial charge on any atom is 0.251 e. The van der Waals surface area contributed by atoms with Crippen molar-refractivity contribution < 1.29 is 9.59 Å². The van der Waals surface area contributed by atoms with Gasteiger partial charge in [-0.1, -0.05) is 24.3 Å². The summed E-state index contributed by atoms with van der Waals surface area (Å²) >= 11 is 0. The number of nitrogens with zero attached hydrogens (tertiary/aromatic N) is 2. The van der Waals surface area contributed by atoms with Crippen LogP contribution in [0.1, 0.15) is 22.3 Å². The van der Waals surface area contributed by atoms with Crippen molar-refractivity contribution in [3.05, 3.63) is 84.1 Å². The number of nitrogens with one attached hydrogen (secondary N) is 2. The largest absolute Gasteiger partial charge is 0.396 e. The van der Waals surface area contributed by atoms with Crippen molar-refractivity contribution in [2.24, 2.45) is 5.73 Å². The number of rotatable bonds is 8. The fourth-order valence-electron chi connectivity index (χ4n) is 3.39. The molecule has 8 heteroatoms. The maximum absolute atomic E-state index is 12.2. The Morgan fingerprint density at radius 3 is 2.58 bits per heavy atom. The van der Waals surface area contributed by atoms with Gasteiger partial charge < -0.3 is 22.1 Å². The van der Waals surface area contributed by atoms with Gasteiger partial charge >= 0.3 is 0 Å². The van der Waals surface area contributed by atoms with E-state index in [9.17, 15) is 9.59 Å². The quantitative estimate of drug-likeness (QED) is 0.332. The molecule has 0 aliphatic heterocycles. The second kappa shape index (κ2) is 9.78. The zero-order valence-electron chi connectivity index (χ0n) is 17.9. The number of anilines is 2. The zero-order chi connectivity index (χ0) is 23.2. The molecule has 0 radical (unpaired) electrons. The van der Waals surface area contributed by atoms with Gasteiger partial charge in [0, 0.05) is 42.2 Å². The van der Waals surface area contributed by atoms with Crippen LogP contribution in [-0.2, 0) is 11.3 Å². The average Bonchev–Trinajstić information content (AvgIpc) is 2.83. The van der Waals surface area contributed by atoms with Gasteiger partial charge in [-0.25, -0.2) is 4.98 Å². The molecule has 0 unspecified atom stereocenters. The summed E-state index contributed by atoms with van der Waals surface area (Å²) in [5.41, 5.74) is 15.9. The molecule has 0 saturated carbocycles. The van der Waals surface area contributed by atoms with Crippen molar-refractivity contribution in [2.75, 3.05) is 17.6 Å². The Morgan fingerprint density at radius 1 is 0.970 bits per heavy atom. The minimum atomic E-state index is -0.456. The summed E-state index contributed by atoms with van der Waals surface area (Å²) in [6, 6.07) is 20.8. The van der Waals surface area contributed by atoms with Crippen LogP contribution in [0, 0.1) is 0 Å². The molecule has 2 amide bonds. The Balaban J connectivity index is 1.45. The average molecular weight is 441 g/mol. The van der Waals surface area contributed by atoms with E-state index >= 15 is 0 Å². The second-order valence-electron chi connectivity index (χ2n) is 7.57. The number of fused-ring (bicyclic) bond motifs is 1. The summed E-state index contributed by atoms with van der Waals surface area (Å²) < 4.78 is 0. The van der Waals surface area contributed by atoms with E-state index in [4.69, 9.17) is 11.5 Å². The molecule has 0 aliphatic carbocycles. The predicted octanol–water partition coefficient (Wildman–Crippen LogP) is 3.10. The first kappa shape index (κ1) is 21.8. The molecule has 6 N–H and O–H groups in total. The van der Waals surface area contributed by atoms with Gasteiger partial charge in [-0.15, -0.1) is 0 Å². The number of carbonyl (C=O) groups is 2. The van der Waals surface area contributed by atoms with Crippen LogP contribution in [-0.4, -0.2) is 28.3 Å². The maximum atomic E-state index is 12.2.